The highest BCUT2D eigenvalue weighted by molar-refractivity contribution is 6.23. The molecule has 7 nitrogen and oxygen atoms in total. The average molecular weight is 166 g/mol. The quantitative estimate of drug-likeness (QED) is 0.370. The van der Waals surface area contributed by atoms with Crippen molar-refractivity contribution >= 4 is 23.7 Å². The molecule has 0 aromatic rings. The maximum absolute atomic E-state index is 11.1. The van der Waals surface area contributed by atoms with Crippen molar-refractivity contribution in [3.05, 3.63) is 0 Å². The first-order valence-corrected chi connectivity index (χ1v) is 3.24. The number of amidine groups is 1. The summed E-state index contributed by atoms with van der Waals surface area (Å²) in [5.41, 5.74) is 10.5. The third-order valence-corrected chi connectivity index (χ3v) is 1.47. The molecule has 0 aliphatic carbocycles. The Morgan fingerprint density at radius 2 is 2.08 bits per heavy atom. The first-order valence-electron chi connectivity index (χ1n) is 3.24. The predicted octanol–water partition coefficient (Wildman–Crippen LogP) is -2.47. The van der Waals surface area contributed by atoms with Gasteiger partial charge in [-0.3, -0.25) is 10.1 Å². The third-order valence-electron chi connectivity index (χ3n) is 1.47. The van der Waals surface area contributed by atoms with E-state index in [-0.39, 0.29) is 23.7 Å². The summed E-state index contributed by atoms with van der Waals surface area (Å²) in [5, 5.41) is 2.32. The molecular weight excluding hydrogens is 160 g/mol. The van der Waals surface area contributed by atoms with Crippen LogP contribution in [0, 0.1) is 0 Å². The minimum absolute atomic E-state index is 0.0277. The molecule has 2 heterocycles. The molecule has 0 saturated heterocycles. The van der Waals surface area contributed by atoms with E-state index in [1.54, 1.807) is 0 Å². The highest BCUT2D eigenvalue weighted by Gasteiger charge is 2.32. The topological polar surface area (TPSA) is 118 Å². The number of hydrogen-bond donors (Lipinski definition) is 3. The summed E-state index contributed by atoms with van der Waals surface area (Å²) in [5.74, 6) is -0.000972. The van der Waals surface area contributed by atoms with E-state index in [0.29, 0.717) is 0 Å². The molecule has 5 N–H and O–H groups in total. The molecule has 0 aromatic heterocycles. The van der Waals surface area contributed by atoms with Crippen LogP contribution >= 0.6 is 0 Å². The summed E-state index contributed by atoms with van der Waals surface area (Å²) in [6.45, 7) is 0. The summed E-state index contributed by atoms with van der Waals surface area (Å²) in [6.07, 6.45) is 0. The number of nitrogens with zero attached hydrogens (tertiary/aromatic N) is 3. The molecule has 2 aliphatic rings. The first-order chi connectivity index (χ1) is 5.66. The van der Waals surface area contributed by atoms with Crippen LogP contribution in [0.1, 0.15) is 0 Å². The Bertz CT molecular complexity index is 340. The maximum atomic E-state index is 11.1. The molecule has 0 fully saturated rings. The summed E-state index contributed by atoms with van der Waals surface area (Å²) < 4.78 is 0. The molecule has 62 valence electrons. The van der Waals surface area contributed by atoms with Crippen molar-refractivity contribution in [3.8, 4) is 0 Å². The molecule has 7 heteroatoms. The number of guanidine groups is 2. The molecule has 0 bridgehead atoms. The summed E-state index contributed by atoms with van der Waals surface area (Å²) in [7, 11) is 0. The van der Waals surface area contributed by atoms with Crippen LogP contribution in [0.3, 0.4) is 0 Å². The molecule has 0 spiro atoms. The van der Waals surface area contributed by atoms with Crippen LogP contribution in [0.25, 0.3) is 0 Å². The van der Waals surface area contributed by atoms with Gasteiger partial charge in [0.15, 0.2) is 11.9 Å². The number of hydrogen-bond acceptors (Lipinski definition) is 6. The normalized spacial score (nSPS) is 26.8. The van der Waals surface area contributed by atoms with E-state index in [0.717, 1.165) is 0 Å². The average Bonchev–Trinajstić information content (AvgIpc) is 2.29. The lowest BCUT2D eigenvalue weighted by Gasteiger charge is -2.13. The number of aliphatic imine (C=N–C) groups is 3. The number of carbonyl (C=O) groups excluding carboxylic acids is 1. The Balaban J connectivity index is 2.43. The molecule has 1 atom stereocenters. The van der Waals surface area contributed by atoms with Gasteiger partial charge in [0.1, 0.15) is 0 Å². The van der Waals surface area contributed by atoms with Crippen LogP contribution in [0.4, 0.5) is 0 Å². The lowest BCUT2D eigenvalue weighted by molar-refractivity contribution is -0.119. The number of amides is 1. The molecule has 0 aromatic carbocycles. The summed E-state index contributed by atoms with van der Waals surface area (Å²) in [6, 6.07) is -0.711. The van der Waals surface area contributed by atoms with Crippen molar-refractivity contribution < 1.29 is 4.79 Å². The molecule has 12 heavy (non-hydrogen) atoms. The van der Waals surface area contributed by atoms with Gasteiger partial charge in [-0.05, 0) is 0 Å². The van der Waals surface area contributed by atoms with Gasteiger partial charge in [-0.25, -0.2) is 4.99 Å². The van der Waals surface area contributed by atoms with Crippen LogP contribution in [0.2, 0.25) is 0 Å². The number of nitrogens with two attached hydrogens (primary N) is 2. The second-order valence-electron chi connectivity index (χ2n) is 2.35. The van der Waals surface area contributed by atoms with Gasteiger partial charge in [0.25, 0.3) is 5.91 Å². The Labute approximate surface area is 67.3 Å². The van der Waals surface area contributed by atoms with E-state index in [1.807, 2.05) is 0 Å². The fourth-order valence-electron chi connectivity index (χ4n) is 1.01. The van der Waals surface area contributed by atoms with E-state index in [4.69, 9.17) is 11.5 Å². The van der Waals surface area contributed by atoms with Crippen molar-refractivity contribution in [2.75, 3.05) is 0 Å². The number of carbonyl (C=O) groups is 1. The Hall–Kier alpha value is -1.92. The van der Waals surface area contributed by atoms with Crippen LogP contribution in [0.15, 0.2) is 15.0 Å². The predicted molar refractivity (Wildman–Crippen MR) is 42.6 cm³/mol. The zero-order valence-electron chi connectivity index (χ0n) is 5.98. The molecule has 1 unspecified atom stereocenters. The van der Waals surface area contributed by atoms with E-state index in [2.05, 4.69) is 20.3 Å². The van der Waals surface area contributed by atoms with E-state index in [1.165, 1.54) is 0 Å². The lowest BCUT2D eigenvalue weighted by Crippen LogP contribution is -2.49. The van der Waals surface area contributed by atoms with Crippen LogP contribution in [0.5, 0.6) is 0 Å². The van der Waals surface area contributed by atoms with Crippen molar-refractivity contribution in [1.82, 2.24) is 5.32 Å². The SMILES string of the molecule is NC1=NC2C(=O)NC(N)=NC2=N1. The van der Waals surface area contributed by atoms with Crippen molar-refractivity contribution in [3.63, 3.8) is 0 Å². The maximum Gasteiger partial charge on any atom is 0.259 e. The van der Waals surface area contributed by atoms with E-state index in [9.17, 15) is 4.79 Å². The standard InChI is InChI=1S/C5H6N6O/c6-4-8-1-2(9-4)10-5(7)11-3(1)12/h1H,(H5,6,7,8,9,10,11,12). The number of nitrogens with one attached hydrogen (secondary N) is 1. The van der Waals surface area contributed by atoms with Gasteiger partial charge < -0.3 is 11.5 Å². The van der Waals surface area contributed by atoms with Gasteiger partial charge in [-0.1, -0.05) is 0 Å². The minimum Gasteiger partial charge on any atom is -0.369 e. The van der Waals surface area contributed by atoms with Crippen molar-refractivity contribution in [2.24, 2.45) is 26.4 Å². The highest BCUT2D eigenvalue weighted by Crippen LogP contribution is 2.08. The molecule has 1 amide bonds. The minimum atomic E-state index is -0.711. The Morgan fingerprint density at radius 1 is 1.33 bits per heavy atom. The van der Waals surface area contributed by atoms with E-state index < -0.39 is 6.04 Å². The fourth-order valence-corrected chi connectivity index (χ4v) is 1.01. The molecule has 2 rings (SSSR count). The molecule has 0 saturated carbocycles. The van der Waals surface area contributed by atoms with Crippen LogP contribution in [-0.2, 0) is 4.79 Å². The number of rotatable bonds is 0. The van der Waals surface area contributed by atoms with Gasteiger partial charge >= 0.3 is 0 Å². The van der Waals surface area contributed by atoms with Gasteiger partial charge in [0.05, 0.1) is 0 Å². The van der Waals surface area contributed by atoms with Gasteiger partial charge in [0.2, 0.25) is 11.9 Å². The molecular formula is C5H6N6O. The van der Waals surface area contributed by atoms with Crippen molar-refractivity contribution in [1.29, 1.82) is 0 Å². The lowest BCUT2D eigenvalue weighted by atomic mass is 10.2. The highest BCUT2D eigenvalue weighted by atomic mass is 16.2. The number of fused-ring (bicyclic) bond motifs is 1. The monoisotopic (exact) mass is 166 g/mol. The summed E-state index contributed by atoms with van der Waals surface area (Å²) in [4.78, 5) is 22.3. The third kappa shape index (κ3) is 0.831. The fraction of sp³-hybridized carbons (Fsp3) is 0.200. The zero-order chi connectivity index (χ0) is 8.72. The molecule has 2 aliphatic heterocycles. The largest absolute Gasteiger partial charge is 0.369 e. The second-order valence-corrected chi connectivity index (χ2v) is 2.35. The van der Waals surface area contributed by atoms with Gasteiger partial charge in [-0.15, -0.1) is 0 Å². The smallest absolute Gasteiger partial charge is 0.259 e. The van der Waals surface area contributed by atoms with Gasteiger partial charge in [-0.2, -0.15) is 9.98 Å². The van der Waals surface area contributed by atoms with Crippen LogP contribution < -0.4 is 16.8 Å². The Kier molecular flexibility index (Phi) is 1.15. The summed E-state index contributed by atoms with van der Waals surface area (Å²) >= 11 is 0. The molecule has 0 radical (unpaired) electrons. The zero-order valence-corrected chi connectivity index (χ0v) is 5.98. The van der Waals surface area contributed by atoms with E-state index >= 15 is 0 Å². The Morgan fingerprint density at radius 3 is 2.83 bits per heavy atom. The van der Waals surface area contributed by atoms with Crippen LogP contribution in [-0.4, -0.2) is 29.7 Å². The van der Waals surface area contributed by atoms with Crippen molar-refractivity contribution in [2.45, 2.75) is 6.04 Å². The van der Waals surface area contributed by atoms with Gasteiger partial charge in [0, 0.05) is 0 Å². The second kappa shape index (κ2) is 2.03. The first kappa shape index (κ1) is 6.77.